The van der Waals surface area contributed by atoms with Crippen molar-refractivity contribution in [3.8, 4) is 0 Å². The van der Waals surface area contributed by atoms with Crippen LogP contribution in [0.3, 0.4) is 0 Å². The number of carbonyl (C=O) groups is 2. The predicted molar refractivity (Wildman–Crippen MR) is 76.6 cm³/mol. The summed E-state index contributed by atoms with van der Waals surface area (Å²) >= 11 is 0. The van der Waals surface area contributed by atoms with Crippen LogP contribution in [0.15, 0.2) is 30.6 Å². The van der Waals surface area contributed by atoms with E-state index in [9.17, 15) is 9.59 Å². The summed E-state index contributed by atoms with van der Waals surface area (Å²) in [5.41, 5.74) is 2.14. The summed E-state index contributed by atoms with van der Waals surface area (Å²) in [4.78, 5) is 31.5. The highest BCUT2D eigenvalue weighted by Crippen LogP contribution is 2.32. The Balaban J connectivity index is 1.70. The molecule has 1 aromatic heterocycles. The van der Waals surface area contributed by atoms with Crippen molar-refractivity contribution in [2.45, 2.75) is 19.3 Å². The van der Waals surface area contributed by atoms with Crippen LogP contribution in [0.1, 0.15) is 19.3 Å². The number of carbonyl (C=O) groups excluding carboxylic acids is 1. The average molecular weight is 285 g/mol. The van der Waals surface area contributed by atoms with Gasteiger partial charge in [-0.2, -0.15) is 0 Å². The smallest absolute Gasteiger partial charge is 0.306 e. The van der Waals surface area contributed by atoms with Gasteiger partial charge >= 0.3 is 5.97 Å². The second kappa shape index (κ2) is 5.47. The van der Waals surface area contributed by atoms with Gasteiger partial charge in [0, 0.05) is 24.0 Å². The lowest BCUT2D eigenvalue weighted by Crippen LogP contribution is -2.21. The number of aromatic nitrogens is 2. The first-order valence-electron chi connectivity index (χ1n) is 6.88. The topological polar surface area (TPSA) is 92.2 Å². The number of benzene rings is 1. The van der Waals surface area contributed by atoms with E-state index in [0.717, 1.165) is 5.52 Å². The molecule has 1 saturated carbocycles. The summed E-state index contributed by atoms with van der Waals surface area (Å²) in [7, 11) is 0. The fourth-order valence-electron chi connectivity index (χ4n) is 2.73. The third-order valence-electron chi connectivity index (χ3n) is 3.89. The van der Waals surface area contributed by atoms with Crippen molar-refractivity contribution in [3.05, 3.63) is 30.6 Å². The highest BCUT2D eigenvalue weighted by molar-refractivity contribution is 5.95. The van der Waals surface area contributed by atoms with Crippen molar-refractivity contribution in [2.75, 3.05) is 5.32 Å². The van der Waals surface area contributed by atoms with Crippen LogP contribution in [0.5, 0.6) is 0 Å². The lowest BCUT2D eigenvalue weighted by molar-refractivity contribution is -0.141. The Kier molecular flexibility index (Phi) is 3.51. The molecule has 1 aromatic carbocycles. The molecule has 2 N–H and O–H groups in total. The highest BCUT2D eigenvalue weighted by atomic mass is 16.4. The molecule has 3 rings (SSSR count). The van der Waals surface area contributed by atoms with Crippen molar-refractivity contribution in [2.24, 2.45) is 11.8 Å². The van der Waals surface area contributed by atoms with Crippen molar-refractivity contribution < 1.29 is 14.7 Å². The molecular formula is C15H15N3O3. The Morgan fingerprint density at radius 3 is 2.52 bits per heavy atom. The van der Waals surface area contributed by atoms with E-state index >= 15 is 0 Å². The van der Waals surface area contributed by atoms with E-state index in [4.69, 9.17) is 5.11 Å². The Hall–Kier alpha value is -2.50. The van der Waals surface area contributed by atoms with Gasteiger partial charge in [-0.25, -0.2) is 0 Å². The second-order valence-corrected chi connectivity index (χ2v) is 5.29. The largest absolute Gasteiger partial charge is 0.481 e. The molecule has 108 valence electrons. The van der Waals surface area contributed by atoms with Crippen molar-refractivity contribution in [1.82, 2.24) is 9.97 Å². The fourth-order valence-corrected chi connectivity index (χ4v) is 2.73. The Bertz CT molecular complexity index is 701. The van der Waals surface area contributed by atoms with Crippen molar-refractivity contribution >= 4 is 28.6 Å². The van der Waals surface area contributed by atoms with E-state index in [2.05, 4.69) is 15.3 Å². The van der Waals surface area contributed by atoms with E-state index in [1.165, 1.54) is 0 Å². The minimum Gasteiger partial charge on any atom is -0.481 e. The first-order chi connectivity index (χ1) is 10.1. The van der Waals surface area contributed by atoms with Crippen LogP contribution in [0.2, 0.25) is 0 Å². The quantitative estimate of drug-likeness (QED) is 0.900. The molecule has 2 atom stereocenters. The number of amides is 1. The number of anilines is 1. The number of rotatable bonds is 3. The van der Waals surface area contributed by atoms with Gasteiger partial charge in [0.1, 0.15) is 0 Å². The second-order valence-electron chi connectivity index (χ2n) is 5.29. The number of hydrogen-bond donors (Lipinski definition) is 2. The van der Waals surface area contributed by atoms with Gasteiger partial charge in [-0.15, -0.1) is 0 Å². The SMILES string of the molecule is O=C(O)[C@H]1CC[C@@H](C(=O)Nc2ccc3nccnc3c2)C1. The first kappa shape index (κ1) is 13.5. The number of carboxylic acids is 1. The minimum absolute atomic E-state index is 0.123. The average Bonchev–Trinajstić information content (AvgIpc) is 2.97. The van der Waals surface area contributed by atoms with E-state index in [0.29, 0.717) is 30.5 Å². The number of nitrogens with zero attached hydrogens (tertiary/aromatic N) is 2. The number of carboxylic acid groups (broad SMARTS) is 1. The van der Waals surface area contributed by atoms with Crippen LogP contribution in [-0.4, -0.2) is 27.0 Å². The zero-order chi connectivity index (χ0) is 14.8. The van der Waals surface area contributed by atoms with Gasteiger partial charge in [-0.3, -0.25) is 19.6 Å². The summed E-state index contributed by atoms with van der Waals surface area (Å²) < 4.78 is 0. The van der Waals surface area contributed by atoms with E-state index in [1.54, 1.807) is 30.6 Å². The van der Waals surface area contributed by atoms with Crippen LogP contribution in [0, 0.1) is 11.8 Å². The van der Waals surface area contributed by atoms with Crippen molar-refractivity contribution in [1.29, 1.82) is 0 Å². The molecule has 1 aliphatic carbocycles. The lowest BCUT2D eigenvalue weighted by atomic mass is 10.0. The Morgan fingerprint density at radius 1 is 1.10 bits per heavy atom. The maximum atomic E-state index is 12.2. The monoisotopic (exact) mass is 285 g/mol. The lowest BCUT2D eigenvalue weighted by Gasteiger charge is -2.11. The summed E-state index contributed by atoms with van der Waals surface area (Å²) in [6.45, 7) is 0. The van der Waals surface area contributed by atoms with Crippen molar-refractivity contribution in [3.63, 3.8) is 0 Å². The van der Waals surface area contributed by atoms with Crippen LogP contribution in [-0.2, 0) is 9.59 Å². The molecule has 1 heterocycles. The number of nitrogens with one attached hydrogen (secondary N) is 1. The third-order valence-corrected chi connectivity index (χ3v) is 3.89. The third kappa shape index (κ3) is 2.84. The normalized spacial score (nSPS) is 21.3. The zero-order valence-electron chi connectivity index (χ0n) is 11.3. The van der Waals surface area contributed by atoms with Gasteiger partial charge < -0.3 is 10.4 Å². The summed E-state index contributed by atoms with van der Waals surface area (Å²) in [5, 5.41) is 11.8. The van der Waals surface area contributed by atoms with Gasteiger partial charge in [0.25, 0.3) is 0 Å². The van der Waals surface area contributed by atoms with E-state index < -0.39 is 11.9 Å². The van der Waals surface area contributed by atoms with Gasteiger partial charge in [0.2, 0.25) is 5.91 Å². The molecule has 0 bridgehead atoms. The van der Waals surface area contributed by atoms with Gasteiger partial charge in [-0.05, 0) is 37.5 Å². The minimum atomic E-state index is -0.814. The Morgan fingerprint density at radius 2 is 1.81 bits per heavy atom. The number of fused-ring (bicyclic) bond motifs is 1. The van der Waals surface area contributed by atoms with Gasteiger partial charge in [-0.1, -0.05) is 0 Å². The van der Waals surface area contributed by atoms with Gasteiger partial charge in [0.05, 0.1) is 17.0 Å². The molecule has 1 aliphatic rings. The summed E-state index contributed by atoms with van der Waals surface area (Å²) in [6.07, 6.45) is 4.81. The number of aliphatic carboxylic acids is 1. The van der Waals surface area contributed by atoms with Gasteiger partial charge in [0.15, 0.2) is 0 Å². The fraction of sp³-hybridized carbons (Fsp3) is 0.333. The highest BCUT2D eigenvalue weighted by Gasteiger charge is 2.33. The molecule has 0 aliphatic heterocycles. The number of hydrogen-bond acceptors (Lipinski definition) is 4. The molecule has 6 heteroatoms. The first-order valence-corrected chi connectivity index (χ1v) is 6.88. The molecule has 21 heavy (non-hydrogen) atoms. The molecule has 0 saturated heterocycles. The zero-order valence-corrected chi connectivity index (χ0v) is 11.3. The van der Waals surface area contributed by atoms with E-state index in [-0.39, 0.29) is 11.8 Å². The van der Waals surface area contributed by atoms with Crippen LogP contribution in [0.25, 0.3) is 11.0 Å². The standard InChI is InChI=1S/C15H15N3O3/c19-14(9-1-2-10(7-9)15(20)21)18-11-3-4-12-13(8-11)17-6-5-16-12/h3-6,8-10H,1-2,7H2,(H,18,19)(H,20,21)/t9-,10+/m1/s1. The van der Waals surface area contributed by atoms with Crippen LogP contribution in [0.4, 0.5) is 5.69 Å². The van der Waals surface area contributed by atoms with Crippen LogP contribution >= 0.6 is 0 Å². The molecule has 0 spiro atoms. The van der Waals surface area contributed by atoms with Crippen LogP contribution < -0.4 is 5.32 Å². The molecule has 0 unspecified atom stereocenters. The van der Waals surface area contributed by atoms with E-state index in [1.807, 2.05) is 0 Å². The molecule has 0 radical (unpaired) electrons. The maximum absolute atomic E-state index is 12.2. The molecule has 1 amide bonds. The summed E-state index contributed by atoms with van der Waals surface area (Å²) in [6, 6.07) is 5.34. The Labute approximate surface area is 121 Å². The predicted octanol–water partition coefficient (Wildman–Crippen LogP) is 2.07. The maximum Gasteiger partial charge on any atom is 0.306 e. The molecular weight excluding hydrogens is 270 g/mol. The molecule has 6 nitrogen and oxygen atoms in total. The molecule has 2 aromatic rings. The summed E-state index contributed by atoms with van der Waals surface area (Å²) in [5.74, 6) is -1.57. The molecule has 1 fully saturated rings.